The highest BCUT2D eigenvalue weighted by molar-refractivity contribution is 5.78. The molecule has 1 aromatic carbocycles. The van der Waals surface area contributed by atoms with Gasteiger partial charge in [-0.1, -0.05) is 6.07 Å². The second-order valence-electron chi connectivity index (χ2n) is 5.33. The van der Waals surface area contributed by atoms with Crippen molar-refractivity contribution < 1.29 is 24.1 Å². The summed E-state index contributed by atoms with van der Waals surface area (Å²) in [5.41, 5.74) is 0.0199. The molecule has 1 aromatic rings. The largest absolute Gasteiger partial charge is 0.488 e. The molecule has 5 nitrogen and oxygen atoms in total. The lowest BCUT2D eigenvalue weighted by Crippen LogP contribution is -2.39. The number of carbonyl (C=O) groups excluding carboxylic acids is 1. The molecule has 0 amide bonds. The number of benzene rings is 1. The second kappa shape index (κ2) is 5.71. The van der Waals surface area contributed by atoms with E-state index in [1.54, 1.807) is 19.9 Å². The number of hydrogen-bond acceptors (Lipinski definition) is 5. The highest BCUT2D eigenvalue weighted by atomic mass is 16.6. The van der Waals surface area contributed by atoms with Crippen LogP contribution in [0, 0.1) is 0 Å². The van der Waals surface area contributed by atoms with Crippen molar-refractivity contribution >= 4 is 5.97 Å². The summed E-state index contributed by atoms with van der Waals surface area (Å²) in [5.74, 6) is 0.801. The first kappa shape index (κ1) is 14.7. The van der Waals surface area contributed by atoms with E-state index >= 15 is 0 Å². The van der Waals surface area contributed by atoms with Crippen LogP contribution in [0.2, 0.25) is 0 Å². The topological polar surface area (TPSA) is 65.0 Å². The van der Waals surface area contributed by atoms with Crippen molar-refractivity contribution in [2.45, 2.75) is 38.4 Å². The Hall–Kier alpha value is -1.75. The van der Waals surface area contributed by atoms with Crippen LogP contribution in [-0.4, -0.2) is 36.5 Å². The van der Waals surface area contributed by atoms with Gasteiger partial charge in [0.1, 0.15) is 17.6 Å². The maximum absolute atomic E-state index is 11.6. The van der Waals surface area contributed by atoms with Gasteiger partial charge in [-0.25, -0.2) is 4.79 Å². The monoisotopic (exact) mass is 280 g/mol. The SMILES string of the molecule is COC(=O)C(C)(C)Oc1ccc2c(c1)OC(CO)CC2. The molecular weight excluding hydrogens is 260 g/mol. The van der Waals surface area contributed by atoms with Crippen LogP contribution in [0.25, 0.3) is 0 Å². The molecule has 1 N–H and O–H groups in total. The van der Waals surface area contributed by atoms with Gasteiger partial charge >= 0.3 is 5.97 Å². The fraction of sp³-hybridized carbons (Fsp3) is 0.533. The third-order valence-electron chi connectivity index (χ3n) is 3.32. The molecule has 5 heteroatoms. The first-order valence-electron chi connectivity index (χ1n) is 6.64. The summed E-state index contributed by atoms with van der Waals surface area (Å²) in [6.07, 6.45) is 1.49. The number of rotatable bonds is 4. The van der Waals surface area contributed by atoms with E-state index in [9.17, 15) is 4.79 Å². The average molecular weight is 280 g/mol. The van der Waals surface area contributed by atoms with Crippen LogP contribution in [0.3, 0.4) is 0 Å². The zero-order valence-corrected chi connectivity index (χ0v) is 12.0. The number of fused-ring (bicyclic) bond motifs is 1. The number of ether oxygens (including phenoxy) is 3. The zero-order chi connectivity index (χ0) is 14.8. The number of aliphatic hydroxyl groups excluding tert-OH is 1. The Balaban J connectivity index is 2.17. The van der Waals surface area contributed by atoms with Crippen LogP contribution >= 0.6 is 0 Å². The van der Waals surface area contributed by atoms with Crippen LogP contribution < -0.4 is 9.47 Å². The molecule has 2 rings (SSSR count). The molecule has 1 atom stereocenters. The van der Waals surface area contributed by atoms with Gasteiger partial charge in [-0.15, -0.1) is 0 Å². The van der Waals surface area contributed by atoms with E-state index in [1.807, 2.05) is 12.1 Å². The van der Waals surface area contributed by atoms with Gasteiger partial charge in [0.2, 0.25) is 0 Å². The minimum absolute atomic E-state index is 0.00181. The zero-order valence-electron chi connectivity index (χ0n) is 12.0. The van der Waals surface area contributed by atoms with E-state index in [1.165, 1.54) is 7.11 Å². The molecule has 1 aliphatic heterocycles. The van der Waals surface area contributed by atoms with Gasteiger partial charge in [-0.05, 0) is 38.3 Å². The standard InChI is InChI=1S/C15H20O5/c1-15(2,14(17)18-3)20-11-6-4-10-5-7-12(9-16)19-13(10)8-11/h4,6,8,12,16H,5,7,9H2,1-3H3. The molecule has 20 heavy (non-hydrogen) atoms. The van der Waals surface area contributed by atoms with E-state index < -0.39 is 11.6 Å². The minimum atomic E-state index is -1.06. The van der Waals surface area contributed by atoms with Crippen molar-refractivity contribution in [3.8, 4) is 11.5 Å². The molecule has 1 aliphatic rings. The van der Waals surface area contributed by atoms with E-state index in [-0.39, 0.29) is 12.7 Å². The number of esters is 1. The lowest BCUT2D eigenvalue weighted by molar-refractivity contribution is -0.156. The summed E-state index contributed by atoms with van der Waals surface area (Å²) in [5, 5.41) is 9.16. The van der Waals surface area contributed by atoms with Crippen LogP contribution in [0.5, 0.6) is 11.5 Å². The molecule has 0 aromatic heterocycles. The van der Waals surface area contributed by atoms with Crippen LogP contribution in [-0.2, 0) is 16.0 Å². The van der Waals surface area contributed by atoms with Gasteiger partial charge in [0.25, 0.3) is 0 Å². The third-order valence-corrected chi connectivity index (χ3v) is 3.32. The summed E-state index contributed by atoms with van der Waals surface area (Å²) in [6, 6.07) is 5.49. The van der Waals surface area contributed by atoms with Gasteiger partial charge in [-0.3, -0.25) is 0 Å². The highest BCUT2D eigenvalue weighted by Gasteiger charge is 2.31. The molecule has 0 bridgehead atoms. The van der Waals surface area contributed by atoms with E-state index in [2.05, 4.69) is 0 Å². The Morgan fingerprint density at radius 2 is 2.25 bits per heavy atom. The van der Waals surface area contributed by atoms with Crippen LogP contribution in [0.15, 0.2) is 18.2 Å². The molecule has 0 saturated heterocycles. The Kier molecular flexibility index (Phi) is 4.18. The fourth-order valence-corrected chi connectivity index (χ4v) is 2.18. The summed E-state index contributed by atoms with van der Waals surface area (Å²) in [6.45, 7) is 3.30. The smallest absolute Gasteiger partial charge is 0.349 e. The Morgan fingerprint density at radius 1 is 1.50 bits per heavy atom. The molecule has 1 heterocycles. The lowest BCUT2D eigenvalue weighted by Gasteiger charge is -2.27. The number of aryl methyl sites for hydroxylation is 1. The van der Waals surface area contributed by atoms with Crippen molar-refractivity contribution in [1.82, 2.24) is 0 Å². The van der Waals surface area contributed by atoms with Gasteiger partial charge in [0, 0.05) is 6.07 Å². The molecular formula is C15H20O5. The van der Waals surface area contributed by atoms with E-state index in [0.717, 1.165) is 18.4 Å². The minimum Gasteiger partial charge on any atom is -0.488 e. The van der Waals surface area contributed by atoms with Gasteiger partial charge < -0.3 is 19.3 Å². The average Bonchev–Trinajstić information content (AvgIpc) is 2.45. The Labute approximate surface area is 118 Å². The fourth-order valence-electron chi connectivity index (χ4n) is 2.18. The van der Waals surface area contributed by atoms with Crippen molar-refractivity contribution in [2.24, 2.45) is 0 Å². The third kappa shape index (κ3) is 3.04. The first-order valence-corrected chi connectivity index (χ1v) is 6.64. The highest BCUT2D eigenvalue weighted by Crippen LogP contribution is 2.32. The number of carbonyl (C=O) groups is 1. The van der Waals surface area contributed by atoms with Crippen molar-refractivity contribution in [3.63, 3.8) is 0 Å². The van der Waals surface area contributed by atoms with Crippen molar-refractivity contribution in [2.75, 3.05) is 13.7 Å². The summed E-state index contributed by atoms with van der Waals surface area (Å²) < 4.78 is 16.1. The summed E-state index contributed by atoms with van der Waals surface area (Å²) >= 11 is 0. The lowest BCUT2D eigenvalue weighted by atomic mass is 10.0. The summed E-state index contributed by atoms with van der Waals surface area (Å²) in [7, 11) is 1.33. The predicted molar refractivity (Wildman–Crippen MR) is 73.0 cm³/mol. The predicted octanol–water partition coefficient (Wildman–Crippen LogP) is 1.70. The first-order chi connectivity index (χ1) is 9.46. The number of methoxy groups -OCH3 is 1. The summed E-state index contributed by atoms with van der Waals surface area (Å²) in [4.78, 5) is 11.6. The van der Waals surface area contributed by atoms with E-state index in [0.29, 0.717) is 11.5 Å². The molecule has 1 unspecified atom stereocenters. The van der Waals surface area contributed by atoms with Crippen molar-refractivity contribution in [1.29, 1.82) is 0 Å². The number of aliphatic hydroxyl groups is 1. The molecule has 0 saturated carbocycles. The maximum atomic E-state index is 11.6. The van der Waals surface area contributed by atoms with Crippen LogP contribution in [0.1, 0.15) is 25.8 Å². The van der Waals surface area contributed by atoms with E-state index in [4.69, 9.17) is 19.3 Å². The Bertz CT molecular complexity index is 495. The molecule has 0 radical (unpaired) electrons. The molecule has 0 fully saturated rings. The molecule has 0 aliphatic carbocycles. The van der Waals surface area contributed by atoms with Gasteiger partial charge in [-0.2, -0.15) is 0 Å². The Morgan fingerprint density at radius 3 is 2.90 bits per heavy atom. The second-order valence-corrected chi connectivity index (χ2v) is 5.33. The van der Waals surface area contributed by atoms with Crippen molar-refractivity contribution in [3.05, 3.63) is 23.8 Å². The molecule has 0 spiro atoms. The maximum Gasteiger partial charge on any atom is 0.349 e. The number of hydrogen-bond donors (Lipinski definition) is 1. The van der Waals surface area contributed by atoms with Gasteiger partial charge in [0.05, 0.1) is 13.7 Å². The van der Waals surface area contributed by atoms with Crippen LogP contribution in [0.4, 0.5) is 0 Å². The quantitative estimate of drug-likeness (QED) is 0.850. The molecule has 110 valence electrons. The van der Waals surface area contributed by atoms with Gasteiger partial charge in [0.15, 0.2) is 5.60 Å². The normalized spacial score (nSPS) is 17.9.